The van der Waals surface area contributed by atoms with Gasteiger partial charge in [0.15, 0.2) is 5.78 Å². The molecule has 0 atom stereocenters. The number of aromatic hydroxyl groups is 1. The zero-order chi connectivity index (χ0) is 26.2. The highest BCUT2D eigenvalue weighted by Crippen LogP contribution is 2.35. The lowest BCUT2D eigenvalue weighted by Gasteiger charge is -2.14. The first kappa shape index (κ1) is 24.7. The van der Waals surface area contributed by atoms with Crippen LogP contribution >= 0.6 is 0 Å². The number of ketones is 1. The van der Waals surface area contributed by atoms with Crippen molar-refractivity contribution in [1.82, 2.24) is 9.55 Å². The Balaban J connectivity index is 1.50. The molecular formula is C28H26F3N3O3. The summed E-state index contributed by atoms with van der Waals surface area (Å²) in [6.07, 6.45) is -0.894. The quantitative estimate of drug-likeness (QED) is 0.234. The summed E-state index contributed by atoms with van der Waals surface area (Å²) in [5.74, 6) is 1.58. The number of nitrogens with zero attached hydrogens (tertiary/aromatic N) is 2. The van der Waals surface area contributed by atoms with Crippen LogP contribution in [0.5, 0.6) is 17.2 Å². The molecule has 0 bridgehead atoms. The van der Waals surface area contributed by atoms with Gasteiger partial charge in [0.05, 0.1) is 17.6 Å². The molecule has 9 heteroatoms. The molecule has 0 unspecified atom stereocenters. The van der Waals surface area contributed by atoms with E-state index < -0.39 is 12.6 Å². The molecule has 3 aromatic carbocycles. The fourth-order valence-corrected chi connectivity index (χ4v) is 4.28. The number of benzene rings is 3. The molecule has 37 heavy (non-hydrogen) atoms. The van der Waals surface area contributed by atoms with Gasteiger partial charge in [-0.25, -0.2) is 4.98 Å². The summed E-state index contributed by atoms with van der Waals surface area (Å²) in [5, 5.41) is 12.4. The van der Waals surface area contributed by atoms with Gasteiger partial charge >= 0.3 is 6.18 Å². The number of carbonyl (C=O) groups excluding carboxylic acids is 1. The van der Waals surface area contributed by atoms with Gasteiger partial charge in [0, 0.05) is 36.3 Å². The van der Waals surface area contributed by atoms with Crippen LogP contribution in [-0.2, 0) is 0 Å². The summed E-state index contributed by atoms with van der Waals surface area (Å²) in [6, 6.07) is 15.1. The van der Waals surface area contributed by atoms with E-state index in [-0.39, 0.29) is 18.1 Å². The van der Waals surface area contributed by atoms with E-state index in [1.807, 2.05) is 29.7 Å². The van der Waals surface area contributed by atoms with Crippen LogP contribution in [0.4, 0.5) is 18.9 Å². The molecule has 1 aromatic heterocycles. The highest BCUT2D eigenvalue weighted by atomic mass is 19.4. The summed E-state index contributed by atoms with van der Waals surface area (Å²) in [6.45, 7) is 1.58. The van der Waals surface area contributed by atoms with Crippen LogP contribution in [0.1, 0.15) is 41.6 Å². The van der Waals surface area contributed by atoms with E-state index in [1.165, 1.54) is 12.1 Å². The van der Waals surface area contributed by atoms with Crippen LogP contribution in [0, 0.1) is 12.8 Å². The molecule has 1 aliphatic rings. The molecule has 1 heterocycles. The van der Waals surface area contributed by atoms with Gasteiger partial charge in [-0.3, -0.25) is 9.36 Å². The molecule has 2 N–H and O–H groups in total. The maximum Gasteiger partial charge on any atom is 0.390 e. The van der Waals surface area contributed by atoms with Crippen molar-refractivity contribution in [2.45, 2.75) is 38.8 Å². The number of rotatable bonds is 9. The molecule has 0 radical (unpaired) electrons. The number of hydrogen-bond acceptors (Lipinski definition) is 5. The van der Waals surface area contributed by atoms with Gasteiger partial charge in [-0.2, -0.15) is 13.2 Å². The van der Waals surface area contributed by atoms with Gasteiger partial charge in [0.25, 0.3) is 0 Å². The van der Waals surface area contributed by atoms with E-state index in [1.54, 1.807) is 30.6 Å². The molecular weight excluding hydrogens is 483 g/mol. The standard InChI is InChI=1S/C28H26F3N3O3/c1-17-12-19(4-9-23(17)26(36)13-18-2-3-18)34-16-33-27-24(32-11-10-28(29,30)31)14-22(15-25(27)34)37-21-7-5-20(35)6-8-21/h4-9,12,14-16,18,32,35H,2-3,10-11,13H2,1H3. The van der Waals surface area contributed by atoms with E-state index in [0.717, 1.165) is 24.1 Å². The maximum absolute atomic E-state index is 12.8. The van der Waals surface area contributed by atoms with Gasteiger partial charge in [0.1, 0.15) is 29.1 Å². The second-order valence-electron chi connectivity index (χ2n) is 9.41. The van der Waals surface area contributed by atoms with E-state index in [4.69, 9.17) is 4.74 Å². The maximum atomic E-state index is 12.8. The molecule has 192 valence electrons. The van der Waals surface area contributed by atoms with Gasteiger partial charge in [-0.15, -0.1) is 0 Å². The Morgan fingerprint density at radius 1 is 1.11 bits per heavy atom. The zero-order valence-corrected chi connectivity index (χ0v) is 20.2. The number of ether oxygens (including phenoxy) is 1. The topological polar surface area (TPSA) is 76.4 Å². The Hall–Kier alpha value is -4.01. The van der Waals surface area contributed by atoms with E-state index >= 15 is 0 Å². The van der Waals surface area contributed by atoms with Crippen LogP contribution in [0.25, 0.3) is 16.7 Å². The van der Waals surface area contributed by atoms with E-state index in [0.29, 0.717) is 46.1 Å². The van der Waals surface area contributed by atoms with Crippen molar-refractivity contribution in [3.8, 4) is 22.9 Å². The number of alkyl halides is 3. The fourth-order valence-electron chi connectivity index (χ4n) is 4.28. The summed E-state index contributed by atoms with van der Waals surface area (Å²) < 4.78 is 46.1. The normalized spacial score (nSPS) is 13.6. The van der Waals surface area contributed by atoms with Crippen LogP contribution in [0.3, 0.4) is 0 Å². The molecule has 6 nitrogen and oxygen atoms in total. The Labute approximate surface area is 211 Å². The number of halogens is 3. The average molecular weight is 510 g/mol. The van der Waals surface area contributed by atoms with Crippen LogP contribution in [0.2, 0.25) is 0 Å². The summed E-state index contributed by atoms with van der Waals surface area (Å²) in [4.78, 5) is 17.1. The lowest BCUT2D eigenvalue weighted by molar-refractivity contribution is -0.131. The number of imidazole rings is 1. The highest BCUT2D eigenvalue weighted by Gasteiger charge is 2.27. The van der Waals surface area contributed by atoms with Gasteiger partial charge < -0.3 is 15.2 Å². The monoisotopic (exact) mass is 509 g/mol. The molecule has 0 saturated heterocycles. The molecule has 0 amide bonds. The summed E-state index contributed by atoms with van der Waals surface area (Å²) >= 11 is 0. The first-order chi connectivity index (χ1) is 17.7. The zero-order valence-electron chi connectivity index (χ0n) is 20.2. The molecule has 1 aliphatic carbocycles. The molecule has 5 rings (SSSR count). The second-order valence-corrected chi connectivity index (χ2v) is 9.41. The summed E-state index contributed by atoms with van der Waals surface area (Å²) in [7, 11) is 0. The molecule has 1 saturated carbocycles. The van der Waals surface area contributed by atoms with E-state index in [9.17, 15) is 23.1 Å². The van der Waals surface area contributed by atoms with Crippen LogP contribution < -0.4 is 10.1 Å². The second kappa shape index (κ2) is 9.80. The molecule has 4 aromatic rings. The largest absolute Gasteiger partial charge is 0.508 e. The lowest BCUT2D eigenvalue weighted by Crippen LogP contribution is -2.14. The number of carbonyl (C=O) groups is 1. The first-order valence-corrected chi connectivity index (χ1v) is 12.1. The van der Waals surface area contributed by atoms with Crippen molar-refractivity contribution in [3.63, 3.8) is 0 Å². The third kappa shape index (κ3) is 5.87. The Morgan fingerprint density at radius 2 is 1.86 bits per heavy atom. The number of Topliss-reactive ketones (excluding diaryl/α,β-unsaturated/α-hetero) is 1. The molecule has 0 spiro atoms. The Kier molecular flexibility index (Phi) is 6.54. The number of phenolic OH excluding ortho intramolecular Hbond substituents is 1. The smallest absolute Gasteiger partial charge is 0.390 e. The van der Waals surface area contributed by atoms with Crippen LogP contribution in [0.15, 0.2) is 60.9 Å². The minimum Gasteiger partial charge on any atom is -0.508 e. The van der Waals surface area contributed by atoms with Crippen molar-refractivity contribution in [1.29, 1.82) is 0 Å². The highest BCUT2D eigenvalue weighted by molar-refractivity contribution is 5.98. The minimum absolute atomic E-state index is 0.0878. The predicted octanol–water partition coefficient (Wildman–Crippen LogP) is 7.18. The van der Waals surface area contributed by atoms with Gasteiger partial charge in [-0.05, 0) is 73.7 Å². The number of hydrogen-bond donors (Lipinski definition) is 2. The lowest BCUT2D eigenvalue weighted by atomic mass is 10.0. The van der Waals surface area contributed by atoms with Crippen molar-refractivity contribution >= 4 is 22.5 Å². The summed E-state index contributed by atoms with van der Waals surface area (Å²) in [5.41, 5.74) is 3.85. The Bertz CT molecular complexity index is 1440. The van der Waals surface area contributed by atoms with E-state index in [2.05, 4.69) is 10.3 Å². The number of phenols is 1. The molecule has 0 aliphatic heterocycles. The number of aryl methyl sites for hydroxylation is 1. The predicted molar refractivity (Wildman–Crippen MR) is 135 cm³/mol. The third-order valence-corrected chi connectivity index (χ3v) is 6.38. The van der Waals surface area contributed by atoms with Crippen LogP contribution in [-0.4, -0.2) is 33.2 Å². The van der Waals surface area contributed by atoms with Gasteiger partial charge in [-0.1, -0.05) is 0 Å². The van der Waals surface area contributed by atoms with Crippen molar-refractivity contribution in [3.05, 3.63) is 72.1 Å². The number of aromatic nitrogens is 2. The van der Waals surface area contributed by atoms with Crippen molar-refractivity contribution < 1.29 is 27.8 Å². The number of fused-ring (bicyclic) bond motifs is 1. The number of nitrogens with one attached hydrogen (secondary N) is 1. The Morgan fingerprint density at radius 3 is 2.54 bits per heavy atom. The van der Waals surface area contributed by atoms with Gasteiger partial charge in [0.2, 0.25) is 0 Å². The van der Waals surface area contributed by atoms with Crippen molar-refractivity contribution in [2.75, 3.05) is 11.9 Å². The van der Waals surface area contributed by atoms with Crippen molar-refractivity contribution in [2.24, 2.45) is 5.92 Å². The number of anilines is 1. The minimum atomic E-state index is -4.29. The first-order valence-electron chi connectivity index (χ1n) is 12.1. The average Bonchev–Trinajstić information content (AvgIpc) is 3.54. The SMILES string of the molecule is Cc1cc(-n2cnc3c(NCCC(F)(F)F)cc(Oc4ccc(O)cc4)cc32)ccc1C(=O)CC1CC1. The third-order valence-electron chi connectivity index (χ3n) is 6.38. The fraction of sp³-hybridized carbons (Fsp3) is 0.286. The molecule has 1 fully saturated rings.